The lowest BCUT2D eigenvalue weighted by Gasteiger charge is -2.55. The van der Waals surface area contributed by atoms with Gasteiger partial charge in [-0.25, -0.2) is 9.59 Å². The lowest BCUT2D eigenvalue weighted by atomic mass is 9.57. The number of aliphatic hydroxyl groups excluding tert-OH is 1. The molecule has 1 saturated carbocycles. The molecule has 0 bridgehead atoms. The van der Waals surface area contributed by atoms with Gasteiger partial charge in [0.05, 0.1) is 11.7 Å². The smallest absolute Gasteiger partial charge is 0.424 e. The van der Waals surface area contributed by atoms with E-state index in [-0.39, 0.29) is 41.5 Å². The lowest BCUT2D eigenvalue weighted by molar-refractivity contribution is -0.140. The summed E-state index contributed by atoms with van der Waals surface area (Å²) in [5.41, 5.74) is -0.806. The number of ketones is 2. The first-order valence-corrected chi connectivity index (χ1v) is 24.5. The van der Waals surface area contributed by atoms with Gasteiger partial charge in [0.1, 0.15) is 29.1 Å². The van der Waals surface area contributed by atoms with E-state index in [0.29, 0.717) is 39.6 Å². The van der Waals surface area contributed by atoms with E-state index in [2.05, 4.69) is 25.9 Å². The molecule has 336 valence electrons. The van der Waals surface area contributed by atoms with E-state index >= 15 is 9.59 Å². The maximum absolute atomic E-state index is 15.9. The van der Waals surface area contributed by atoms with Crippen molar-refractivity contribution in [3.8, 4) is 5.88 Å². The fraction of sp³-hybridized carbons (Fsp3) is 0.490. The molecular formula is C49H61N3O10Si. The van der Waals surface area contributed by atoms with Crippen LogP contribution >= 0.6 is 0 Å². The third-order valence-electron chi connectivity index (χ3n) is 12.8. The van der Waals surface area contributed by atoms with Crippen LogP contribution in [0.2, 0.25) is 18.1 Å². The second-order valence-corrected chi connectivity index (χ2v) is 25.6. The summed E-state index contributed by atoms with van der Waals surface area (Å²) in [6.45, 7) is 22.4. The molecule has 0 spiro atoms. The number of hydrogen-bond donors (Lipinski definition) is 1. The van der Waals surface area contributed by atoms with Crippen LogP contribution in [0.3, 0.4) is 0 Å². The van der Waals surface area contributed by atoms with E-state index in [4.69, 9.17) is 23.2 Å². The van der Waals surface area contributed by atoms with Crippen LogP contribution in [0, 0.1) is 18.8 Å². The van der Waals surface area contributed by atoms with E-state index < -0.39 is 71.8 Å². The Hall–Kier alpha value is -5.31. The molecule has 7 rings (SSSR count). The summed E-state index contributed by atoms with van der Waals surface area (Å²) in [7, 11) is 0.795. The first-order valence-electron chi connectivity index (χ1n) is 21.6. The number of aryl methyl sites for hydroxylation is 1. The van der Waals surface area contributed by atoms with Crippen molar-refractivity contribution in [2.75, 3.05) is 19.0 Å². The molecule has 1 fully saturated rings. The average molecular weight is 880 g/mol. The highest BCUT2D eigenvalue weighted by atomic mass is 28.4. The summed E-state index contributed by atoms with van der Waals surface area (Å²) in [5, 5.41) is 17.7. The Kier molecular flexibility index (Phi) is 11.4. The first-order chi connectivity index (χ1) is 29.2. The quantitative estimate of drug-likeness (QED) is 0.139. The summed E-state index contributed by atoms with van der Waals surface area (Å²) >= 11 is 0. The van der Waals surface area contributed by atoms with E-state index in [1.165, 1.54) is 0 Å². The molecule has 14 heteroatoms. The zero-order valence-corrected chi connectivity index (χ0v) is 40.0. The number of ether oxygens (including phenoxy) is 3. The molecule has 4 atom stereocenters. The normalized spacial score (nSPS) is 21.4. The van der Waals surface area contributed by atoms with Gasteiger partial charge >= 0.3 is 12.2 Å². The van der Waals surface area contributed by atoms with Gasteiger partial charge in [-0.2, -0.15) is 4.90 Å². The van der Waals surface area contributed by atoms with Crippen LogP contribution in [0.4, 0.5) is 15.3 Å². The molecule has 3 aromatic carbocycles. The van der Waals surface area contributed by atoms with Gasteiger partial charge in [-0.15, -0.1) is 0 Å². The fourth-order valence-corrected chi connectivity index (χ4v) is 10.5. The number of benzene rings is 3. The summed E-state index contributed by atoms with van der Waals surface area (Å²) in [4.78, 5) is 62.0. The van der Waals surface area contributed by atoms with Gasteiger partial charge in [0.25, 0.3) is 5.88 Å². The number of carbonyl (C=O) groups excluding carboxylic acids is 4. The molecule has 0 saturated heterocycles. The van der Waals surface area contributed by atoms with Gasteiger partial charge in [-0.1, -0.05) is 63.2 Å². The number of nitrogens with zero attached hydrogens (tertiary/aromatic N) is 3. The summed E-state index contributed by atoms with van der Waals surface area (Å²) < 4.78 is 31.0. The average Bonchev–Trinajstić information content (AvgIpc) is 3.57. The van der Waals surface area contributed by atoms with Crippen LogP contribution in [-0.2, 0) is 31.7 Å². The van der Waals surface area contributed by atoms with Crippen LogP contribution in [0.1, 0.15) is 113 Å². The van der Waals surface area contributed by atoms with Crippen molar-refractivity contribution in [1.29, 1.82) is 0 Å². The Labute approximate surface area is 370 Å². The van der Waals surface area contributed by atoms with Gasteiger partial charge in [0, 0.05) is 22.4 Å². The summed E-state index contributed by atoms with van der Waals surface area (Å²) in [5.74, 6) is -2.42. The SMILES string of the molecule is Cc1c2c(cc3c(N(C(=O)OC(C)(C)C)C(=O)OC(C)(C)C)cccc13)C[C@H]1C[C@H]3[C@H](N(C)C)c4onc(OCc5ccccc5)c4C(=O)[C@@]3(O[Si](C)(C)C(C)(C)C)C(=O)C1=C2O. The van der Waals surface area contributed by atoms with Gasteiger partial charge in [-0.05, 0) is 139 Å². The number of aliphatic hydroxyl groups is 1. The van der Waals surface area contributed by atoms with Crippen molar-refractivity contribution in [2.45, 2.75) is 130 Å². The lowest BCUT2D eigenvalue weighted by Crippen LogP contribution is -2.68. The molecular weight excluding hydrogens is 819 g/mol. The number of anilines is 1. The third-order valence-corrected chi connectivity index (χ3v) is 17.2. The number of rotatable bonds is 7. The number of imide groups is 1. The van der Waals surface area contributed by atoms with E-state index in [1.807, 2.05) is 81.5 Å². The highest BCUT2D eigenvalue weighted by Gasteiger charge is 2.69. The second-order valence-electron chi connectivity index (χ2n) is 20.9. The highest BCUT2D eigenvalue weighted by Crippen LogP contribution is 2.59. The first kappa shape index (κ1) is 45.7. The number of aromatic nitrogens is 1. The molecule has 4 aromatic rings. The van der Waals surface area contributed by atoms with Gasteiger partial charge in [0.2, 0.25) is 11.6 Å². The molecule has 3 aliphatic carbocycles. The van der Waals surface area contributed by atoms with Crippen molar-refractivity contribution < 1.29 is 47.4 Å². The number of carbonyl (C=O) groups is 4. The van der Waals surface area contributed by atoms with Crippen molar-refractivity contribution in [2.24, 2.45) is 11.8 Å². The zero-order chi connectivity index (χ0) is 46.4. The number of hydrogen-bond acceptors (Lipinski definition) is 12. The fourth-order valence-electron chi connectivity index (χ4n) is 9.09. The second kappa shape index (κ2) is 15.7. The van der Waals surface area contributed by atoms with E-state index in [0.717, 1.165) is 10.5 Å². The molecule has 2 amide bonds. The zero-order valence-electron chi connectivity index (χ0n) is 39.0. The topological polar surface area (TPSA) is 158 Å². The molecule has 1 heterocycles. The van der Waals surface area contributed by atoms with Crippen molar-refractivity contribution in [1.82, 2.24) is 10.1 Å². The van der Waals surface area contributed by atoms with Crippen molar-refractivity contribution in [3.05, 3.63) is 93.7 Å². The maximum atomic E-state index is 15.9. The van der Waals surface area contributed by atoms with Crippen LogP contribution in [0.5, 0.6) is 5.88 Å². The minimum Gasteiger partial charge on any atom is -0.507 e. The third kappa shape index (κ3) is 7.99. The predicted octanol–water partition coefficient (Wildman–Crippen LogP) is 10.7. The van der Waals surface area contributed by atoms with Gasteiger partial charge < -0.3 is 28.3 Å². The Morgan fingerprint density at radius 1 is 0.873 bits per heavy atom. The van der Waals surface area contributed by atoms with E-state index in [1.54, 1.807) is 53.7 Å². The monoisotopic (exact) mass is 879 g/mol. The van der Waals surface area contributed by atoms with Crippen molar-refractivity contribution in [3.63, 3.8) is 0 Å². The van der Waals surface area contributed by atoms with Crippen LogP contribution in [-0.4, -0.2) is 78.1 Å². The summed E-state index contributed by atoms with van der Waals surface area (Å²) in [6, 6.07) is 15.9. The van der Waals surface area contributed by atoms with Gasteiger partial charge in [0.15, 0.2) is 19.7 Å². The summed E-state index contributed by atoms with van der Waals surface area (Å²) in [6.07, 6.45) is -1.23. The highest BCUT2D eigenvalue weighted by molar-refractivity contribution is 6.74. The Balaban J connectivity index is 1.42. The Morgan fingerprint density at radius 3 is 2.06 bits per heavy atom. The molecule has 0 aliphatic heterocycles. The minimum absolute atomic E-state index is 0.0191. The maximum Gasteiger partial charge on any atom is 0.424 e. The van der Waals surface area contributed by atoms with Crippen LogP contribution in [0.25, 0.3) is 16.5 Å². The van der Waals surface area contributed by atoms with Crippen LogP contribution < -0.4 is 9.64 Å². The standard InChI is InChI=1S/C49H61N3O10Si/c1-27-31-21-18-22-34(52(44(56)59-46(2,3)4)45(57)60-47(5,6)7)32(31)24-29-23-30-25-33-38(51(11)12)40-37(43(50-61-40)58-26-28-19-16-15-17-20-28)42(55)49(33,62-63(13,14)48(8,9)10)41(54)36(30)39(53)35(27)29/h15-22,24,30,33,38,53H,23,25-26H2,1-14H3/t30-,33-,38-,49-/m0/s1. The van der Waals surface area contributed by atoms with Crippen molar-refractivity contribution >= 4 is 54.3 Å². The van der Waals surface area contributed by atoms with E-state index in [9.17, 15) is 14.7 Å². The molecule has 0 unspecified atom stereocenters. The molecule has 63 heavy (non-hydrogen) atoms. The molecule has 3 aliphatic rings. The number of amides is 2. The Bertz CT molecular complexity index is 2510. The minimum atomic E-state index is -2.95. The molecule has 13 nitrogen and oxygen atoms in total. The molecule has 1 aromatic heterocycles. The number of fused-ring (bicyclic) bond motifs is 5. The largest absolute Gasteiger partial charge is 0.507 e. The predicted molar refractivity (Wildman–Crippen MR) is 243 cm³/mol. The molecule has 1 N–H and O–H groups in total. The van der Waals surface area contributed by atoms with Crippen LogP contribution in [0.15, 0.2) is 64.7 Å². The number of Topliss-reactive ketones (excluding diaryl/α,β-unsaturated/α-hetero) is 2. The Morgan fingerprint density at radius 2 is 1.49 bits per heavy atom. The molecule has 0 radical (unpaired) electrons. The van der Waals surface area contributed by atoms with Gasteiger partial charge in [-0.3, -0.25) is 14.5 Å².